The molecule has 2 aromatic rings. The lowest BCUT2D eigenvalue weighted by molar-refractivity contribution is 0.627. The van der Waals surface area contributed by atoms with Gasteiger partial charge in [0.1, 0.15) is 16.2 Å². The monoisotopic (exact) mass is 378 g/mol. The van der Waals surface area contributed by atoms with Crippen molar-refractivity contribution in [3.8, 4) is 0 Å². The van der Waals surface area contributed by atoms with Gasteiger partial charge in [-0.15, -0.1) is 0 Å². The van der Waals surface area contributed by atoms with Gasteiger partial charge in [0.15, 0.2) is 0 Å². The van der Waals surface area contributed by atoms with E-state index in [9.17, 15) is 4.39 Å². The molecule has 6 heteroatoms. The van der Waals surface area contributed by atoms with E-state index in [0.29, 0.717) is 25.6 Å². The van der Waals surface area contributed by atoms with Crippen molar-refractivity contribution < 1.29 is 4.39 Å². The molecule has 0 amide bonds. The molecule has 0 aliphatic carbocycles. The van der Waals surface area contributed by atoms with E-state index in [4.69, 9.17) is 11.6 Å². The number of anilines is 2. The fourth-order valence-corrected chi connectivity index (χ4v) is 2.51. The van der Waals surface area contributed by atoms with Gasteiger partial charge < -0.3 is 5.32 Å². The zero-order valence-electron chi connectivity index (χ0n) is 8.35. The first-order valence-corrected chi connectivity index (χ1v) is 6.57. The molecular weight excluding hydrogens is 374 g/mol. The number of pyridine rings is 1. The van der Waals surface area contributed by atoms with E-state index >= 15 is 0 Å². The molecule has 0 saturated heterocycles. The lowest BCUT2D eigenvalue weighted by atomic mass is 10.3. The summed E-state index contributed by atoms with van der Waals surface area (Å²) in [5.41, 5.74) is 0.582. The average Bonchev–Trinajstić information content (AvgIpc) is 2.23. The molecule has 0 fully saturated rings. The van der Waals surface area contributed by atoms with Crippen LogP contribution >= 0.6 is 43.5 Å². The van der Waals surface area contributed by atoms with Crippen molar-refractivity contribution in [3.05, 3.63) is 50.2 Å². The summed E-state index contributed by atoms with van der Waals surface area (Å²) in [5.74, 6) is 0.225. The van der Waals surface area contributed by atoms with Gasteiger partial charge >= 0.3 is 0 Å². The quantitative estimate of drug-likeness (QED) is 0.730. The Balaban J connectivity index is 2.36. The van der Waals surface area contributed by atoms with E-state index in [1.807, 2.05) is 12.1 Å². The zero-order chi connectivity index (χ0) is 12.4. The number of hydrogen-bond acceptors (Lipinski definition) is 2. The zero-order valence-corrected chi connectivity index (χ0v) is 12.3. The van der Waals surface area contributed by atoms with Crippen LogP contribution in [0.5, 0.6) is 0 Å². The molecule has 2 nitrogen and oxygen atoms in total. The van der Waals surface area contributed by atoms with Crippen LogP contribution in [0.3, 0.4) is 0 Å². The van der Waals surface area contributed by atoms with Crippen LogP contribution in [0.25, 0.3) is 0 Å². The highest BCUT2D eigenvalue weighted by atomic mass is 79.9. The molecule has 0 aliphatic heterocycles. The Morgan fingerprint density at radius 2 is 2.00 bits per heavy atom. The third-order valence-corrected chi connectivity index (χ3v) is 3.34. The molecule has 0 saturated carbocycles. The van der Waals surface area contributed by atoms with Gasteiger partial charge in [0.25, 0.3) is 0 Å². The van der Waals surface area contributed by atoms with Crippen LogP contribution in [0.4, 0.5) is 15.9 Å². The largest absolute Gasteiger partial charge is 0.338 e. The van der Waals surface area contributed by atoms with E-state index in [1.165, 1.54) is 12.1 Å². The minimum atomic E-state index is -0.394. The number of hydrogen-bond donors (Lipinski definition) is 1. The Morgan fingerprint density at radius 3 is 2.65 bits per heavy atom. The lowest BCUT2D eigenvalue weighted by Crippen LogP contribution is -1.96. The smallest absolute Gasteiger partial charge is 0.131 e. The summed E-state index contributed by atoms with van der Waals surface area (Å²) in [5, 5.41) is 3.31. The maximum Gasteiger partial charge on any atom is 0.131 e. The van der Waals surface area contributed by atoms with Gasteiger partial charge in [0, 0.05) is 4.47 Å². The number of nitrogens with zero attached hydrogens (tertiary/aromatic N) is 1. The molecule has 17 heavy (non-hydrogen) atoms. The van der Waals surface area contributed by atoms with Crippen LogP contribution < -0.4 is 5.32 Å². The highest BCUT2D eigenvalue weighted by molar-refractivity contribution is 9.10. The summed E-state index contributed by atoms with van der Waals surface area (Å²) in [6.45, 7) is 0. The van der Waals surface area contributed by atoms with E-state index in [0.717, 1.165) is 0 Å². The second-order valence-corrected chi connectivity index (χ2v) is 5.29. The molecule has 88 valence electrons. The normalized spacial score (nSPS) is 10.4. The summed E-state index contributed by atoms with van der Waals surface area (Å²) >= 11 is 12.5. The van der Waals surface area contributed by atoms with Crippen molar-refractivity contribution in [2.24, 2.45) is 0 Å². The fourth-order valence-electron chi connectivity index (χ4n) is 1.27. The summed E-state index contributed by atoms with van der Waals surface area (Å²) in [6.07, 6.45) is 0. The number of rotatable bonds is 2. The highest BCUT2D eigenvalue weighted by Crippen LogP contribution is 2.33. The molecule has 1 heterocycles. The molecule has 0 aliphatic rings. The van der Waals surface area contributed by atoms with E-state index in [1.54, 1.807) is 6.07 Å². The molecule has 1 aromatic heterocycles. The highest BCUT2D eigenvalue weighted by Gasteiger charge is 2.08. The SMILES string of the molecule is Fc1cc(Cl)c(Nc2cccc(Br)n2)c(Br)c1. The molecule has 0 spiro atoms. The number of aromatic nitrogens is 1. The maximum absolute atomic E-state index is 13.0. The Hall–Kier alpha value is -0.650. The van der Waals surface area contributed by atoms with Crippen LogP contribution in [0.2, 0.25) is 5.02 Å². The van der Waals surface area contributed by atoms with Crippen molar-refractivity contribution in [2.75, 3.05) is 5.32 Å². The topological polar surface area (TPSA) is 24.9 Å². The molecular formula is C11H6Br2ClFN2. The van der Waals surface area contributed by atoms with Crippen LogP contribution in [0.1, 0.15) is 0 Å². The predicted molar refractivity (Wildman–Crippen MR) is 74.3 cm³/mol. The van der Waals surface area contributed by atoms with Crippen molar-refractivity contribution in [1.29, 1.82) is 0 Å². The van der Waals surface area contributed by atoms with Gasteiger partial charge in [-0.3, -0.25) is 0 Å². The Bertz CT molecular complexity index is 540. The minimum Gasteiger partial charge on any atom is -0.338 e. The van der Waals surface area contributed by atoms with Crippen LogP contribution in [-0.2, 0) is 0 Å². The van der Waals surface area contributed by atoms with Crippen LogP contribution in [0.15, 0.2) is 39.4 Å². The van der Waals surface area contributed by atoms with Crippen molar-refractivity contribution in [1.82, 2.24) is 4.98 Å². The second kappa shape index (κ2) is 5.33. The number of halogens is 4. The van der Waals surface area contributed by atoms with Crippen molar-refractivity contribution in [3.63, 3.8) is 0 Å². The third-order valence-electron chi connectivity index (χ3n) is 1.98. The molecule has 0 radical (unpaired) electrons. The predicted octanol–water partition coefficient (Wildman–Crippen LogP) is 5.14. The molecule has 2 rings (SSSR count). The molecule has 1 aromatic carbocycles. The molecule has 0 atom stereocenters. The van der Waals surface area contributed by atoms with Gasteiger partial charge in [0.2, 0.25) is 0 Å². The standard InChI is InChI=1S/C11H6Br2ClFN2/c12-7-4-6(15)5-8(14)11(7)17-10-3-1-2-9(13)16-10/h1-5H,(H,16,17). The lowest BCUT2D eigenvalue weighted by Gasteiger charge is -2.10. The van der Waals surface area contributed by atoms with E-state index in [2.05, 4.69) is 42.2 Å². The first kappa shape index (κ1) is 12.8. The van der Waals surface area contributed by atoms with E-state index < -0.39 is 5.82 Å². The van der Waals surface area contributed by atoms with Crippen LogP contribution in [-0.4, -0.2) is 4.98 Å². The van der Waals surface area contributed by atoms with Gasteiger partial charge in [-0.1, -0.05) is 17.7 Å². The van der Waals surface area contributed by atoms with E-state index in [-0.39, 0.29) is 0 Å². The molecule has 0 unspecified atom stereocenters. The van der Waals surface area contributed by atoms with Crippen molar-refractivity contribution >= 4 is 55.0 Å². The number of benzene rings is 1. The fraction of sp³-hybridized carbons (Fsp3) is 0. The van der Waals surface area contributed by atoms with Gasteiger partial charge in [-0.2, -0.15) is 0 Å². The Labute approximate surface area is 119 Å². The minimum absolute atomic E-state index is 0.290. The first-order chi connectivity index (χ1) is 8.06. The Kier molecular flexibility index (Phi) is 4.01. The number of nitrogens with one attached hydrogen (secondary N) is 1. The summed E-state index contributed by atoms with van der Waals surface area (Å²) in [7, 11) is 0. The Morgan fingerprint density at radius 1 is 1.24 bits per heavy atom. The van der Waals surface area contributed by atoms with Gasteiger partial charge in [-0.05, 0) is 56.1 Å². The molecule has 0 bridgehead atoms. The van der Waals surface area contributed by atoms with Gasteiger partial charge in [-0.25, -0.2) is 9.37 Å². The van der Waals surface area contributed by atoms with Crippen molar-refractivity contribution in [2.45, 2.75) is 0 Å². The van der Waals surface area contributed by atoms with Gasteiger partial charge in [0.05, 0.1) is 10.7 Å². The summed E-state index contributed by atoms with van der Waals surface area (Å²) in [4.78, 5) is 4.21. The van der Waals surface area contributed by atoms with Crippen LogP contribution in [0, 0.1) is 5.82 Å². The summed E-state index contributed by atoms with van der Waals surface area (Å²) < 4.78 is 14.3. The first-order valence-electron chi connectivity index (χ1n) is 4.60. The summed E-state index contributed by atoms with van der Waals surface area (Å²) in [6, 6.07) is 8.02. The maximum atomic E-state index is 13.0. The molecule has 1 N–H and O–H groups in total. The average molecular weight is 380 g/mol. The second-order valence-electron chi connectivity index (χ2n) is 3.21. The third kappa shape index (κ3) is 3.18.